The Bertz CT molecular complexity index is 488. The predicted octanol–water partition coefficient (Wildman–Crippen LogP) is 0.552. The van der Waals surface area contributed by atoms with E-state index in [4.69, 9.17) is 0 Å². The van der Waals surface area contributed by atoms with Crippen molar-refractivity contribution >= 4 is 11.8 Å². The van der Waals surface area contributed by atoms with Crippen molar-refractivity contribution < 1.29 is 19.8 Å². The molecule has 1 unspecified atom stereocenters. The molecule has 2 amide bonds. The molecule has 0 fully saturated rings. The molecule has 0 bridgehead atoms. The number of rotatable bonds is 4. The molecule has 0 aliphatic rings. The normalized spacial score (nSPS) is 11.7. The van der Waals surface area contributed by atoms with Crippen LogP contribution in [0.5, 0.6) is 11.5 Å². The van der Waals surface area contributed by atoms with Crippen molar-refractivity contribution in [1.29, 1.82) is 0 Å². The Morgan fingerprint density at radius 1 is 1.37 bits per heavy atom. The summed E-state index contributed by atoms with van der Waals surface area (Å²) >= 11 is 0. The monoisotopic (exact) mass is 266 g/mol. The Balaban J connectivity index is 2.79. The fraction of sp³-hybridized carbons (Fsp3) is 0.385. The van der Waals surface area contributed by atoms with Crippen LogP contribution >= 0.6 is 0 Å². The Labute approximate surface area is 111 Å². The van der Waals surface area contributed by atoms with Crippen LogP contribution < -0.4 is 5.32 Å². The number of nitrogens with one attached hydrogen (secondary N) is 1. The van der Waals surface area contributed by atoms with E-state index in [-0.39, 0.29) is 35.4 Å². The predicted molar refractivity (Wildman–Crippen MR) is 70.0 cm³/mol. The largest absolute Gasteiger partial charge is 0.508 e. The van der Waals surface area contributed by atoms with Crippen LogP contribution in [0.2, 0.25) is 0 Å². The van der Waals surface area contributed by atoms with Crippen LogP contribution in [-0.4, -0.2) is 47.6 Å². The van der Waals surface area contributed by atoms with Gasteiger partial charge < -0.3 is 20.4 Å². The second kappa shape index (κ2) is 6.08. The maximum absolute atomic E-state index is 12.1. The van der Waals surface area contributed by atoms with Gasteiger partial charge in [0.25, 0.3) is 5.91 Å². The van der Waals surface area contributed by atoms with Gasteiger partial charge in [0, 0.05) is 26.7 Å². The summed E-state index contributed by atoms with van der Waals surface area (Å²) in [7, 11) is 3.08. The van der Waals surface area contributed by atoms with Crippen LogP contribution in [0.25, 0.3) is 0 Å². The summed E-state index contributed by atoms with van der Waals surface area (Å²) in [5.41, 5.74) is 0.0874. The van der Waals surface area contributed by atoms with E-state index in [1.807, 2.05) is 0 Å². The second-order valence-corrected chi connectivity index (χ2v) is 4.40. The van der Waals surface area contributed by atoms with Crippen molar-refractivity contribution in [2.75, 3.05) is 20.6 Å². The summed E-state index contributed by atoms with van der Waals surface area (Å²) in [5, 5.41) is 21.3. The average Bonchev–Trinajstić information content (AvgIpc) is 2.36. The van der Waals surface area contributed by atoms with Gasteiger partial charge in [-0.1, -0.05) is 6.92 Å². The molecule has 0 heterocycles. The molecule has 104 valence electrons. The number of phenolic OH excluding ortho intramolecular Hbond substituents is 2. The van der Waals surface area contributed by atoms with Gasteiger partial charge in [-0.25, -0.2) is 0 Å². The highest BCUT2D eigenvalue weighted by atomic mass is 16.3. The molecule has 0 aromatic heterocycles. The fourth-order valence-electron chi connectivity index (χ4n) is 1.73. The Kier molecular flexibility index (Phi) is 4.74. The topological polar surface area (TPSA) is 89.9 Å². The molecule has 6 nitrogen and oxygen atoms in total. The zero-order chi connectivity index (χ0) is 14.6. The molecule has 19 heavy (non-hydrogen) atoms. The van der Waals surface area contributed by atoms with Gasteiger partial charge in [-0.05, 0) is 12.1 Å². The molecule has 0 spiro atoms. The first-order valence-corrected chi connectivity index (χ1v) is 5.85. The van der Waals surface area contributed by atoms with Gasteiger partial charge >= 0.3 is 0 Å². The van der Waals surface area contributed by atoms with E-state index in [1.165, 1.54) is 24.1 Å². The second-order valence-electron chi connectivity index (χ2n) is 4.40. The highest BCUT2D eigenvalue weighted by molar-refractivity contribution is 5.97. The summed E-state index contributed by atoms with van der Waals surface area (Å²) in [6.07, 6.45) is 0. The lowest BCUT2D eigenvalue weighted by atomic mass is 10.1. The van der Waals surface area contributed by atoms with Gasteiger partial charge in [0.15, 0.2) is 0 Å². The number of amides is 2. The van der Waals surface area contributed by atoms with Gasteiger partial charge in [0.1, 0.15) is 11.5 Å². The van der Waals surface area contributed by atoms with Crippen LogP contribution in [-0.2, 0) is 4.79 Å². The number of aromatic hydroxyl groups is 2. The van der Waals surface area contributed by atoms with Crippen LogP contribution in [0.15, 0.2) is 18.2 Å². The van der Waals surface area contributed by atoms with Gasteiger partial charge in [-0.15, -0.1) is 0 Å². The van der Waals surface area contributed by atoms with Gasteiger partial charge in [0.2, 0.25) is 5.91 Å². The van der Waals surface area contributed by atoms with E-state index in [9.17, 15) is 19.8 Å². The number of hydrogen-bond acceptors (Lipinski definition) is 4. The Morgan fingerprint density at radius 3 is 2.53 bits per heavy atom. The molecular formula is C13H18N2O4. The maximum Gasteiger partial charge on any atom is 0.257 e. The lowest BCUT2D eigenvalue weighted by molar-refractivity contribution is -0.124. The van der Waals surface area contributed by atoms with Crippen molar-refractivity contribution in [2.24, 2.45) is 5.92 Å². The standard InChI is InChI=1S/C13H18N2O4/c1-8(12(18)14-2)7-15(3)13(19)10-5-4-9(16)6-11(10)17/h4-6,8,16-17H,7H2,1-3H3,(H,14,18). The first-order valence-electron chi connectivity index (χ1n) is 5.85. The summed E-state index contributed by atoms with van der Waals surface area (Å²) in [6.45, 7) is 1.94. The maximum atomic E-state index is 12.1. The number of phenols is 2. The number of benzene rings is 1. The zero-order valence-corrected chi connectivity index (χ0v) is 11.2. The fourth-order valence-corrected chi connectivity index (χ4v) is 1.73. The Hall–Kier alpha value is -2.24. The van der Waals surface area contributed by atoms with E-state index in [0.717, 1.165) is 6.07 Å². The van der Waals surface area contributed by atoms with E-state index in [1.54, 1.807) is 14.0 Å². The minimum absolute atomic E-state index is 0.0874. The molecule has 0 aliphatic heterocycles. The Morgan fingerprint density at radius 2 is 2.00 bits per heavy atom. The molecule has 1 rings (SSSR count). The van der Waals surface area contributed by atoms with E-state index < -0.39 is 5.91 Å². The van der Waals surface area contributed by atoms with Crippen LogP contribution in [0.3, 0.4) is 0 Å². The van der Waals surface area contributed by atoms with Crippen molar-refractivity contribution in [1.82, 2.24) is 10.2 Å². The molecule has 0 saturated carbocycles. The molecule has 0 radical (unpaired) electrons. The average molecular weight is 266 g/mol. The molecular weight excluding hydrogens is 248 g/mol. The van der Waals surface area contributed by atoms with E-state index in [0.29, 0.717) is 0 Å². The summed E-state index contributed by atoms with van der Waals surface area (Å²) < 4.78 is 0. The lowest BCUT2D eigenvalue weighted by Gasteiger charge is -2.21. The van der Waals surface area contributed by atoms with Crippen molar-refractivity contribution in [2.45, 2.75) is 6.92 Å². The highest BCUT2D eigenvalue weighted by Gasteiger charge is 2.20. The number of carbonyl (C=O) groups excluding carboxylic acids is 2. The summed E-state index contributed by atoms with van der Waals surface area (Å²) in [4.78, 5) is 24.8. The molecule has 1 aromatic carbocycles. The number of carbonyl (C=O) groups is 2. The quantitative estimate of drug-likeness (QED) is 0.742. The van der Waals surface area contributed by atoms with Crippen molar-refractivity contribution in [3.63, 3.8) is 0 Å². The third kappa shape index (κ3) is 3.61. The number of nitrogens with zero attached hydrogens (tertiary/aromatic N) is 1. The first-order chi connectivity index (χ1) is 8.86. The van der Waals surface area contributed by atoms with E-state index >= 15 is 0 Å². The minimum Gasteiger partial charge on any atom is -0.508 e. The smallest absolute Gasteiger partial charge is 0.257 e. The third-order valence-electron chi connectivity index (χ3n) is 2.80. The number of hydrogen-bond donors (Lipinski definition) is 3. The minimum atomic E-state index is -0.409. The van der Waals surface area contributed by atoms with Gasteiger partial charge in [-0.2, -0.15) is 0 Å². The molecule has 0 aliphatic carbocycles. The van der Waals surface area contributed by atoms with E-state index in [2.05, 4.69) is 5.32 Å². The molecule has 3 N–H and O–H groups in total. The van der Waals surface area contributed by atoms with Crippen LogP contribution in [0, 0.1) is 5.92 Å². The third-order valence-corrected chi connectivity index (χ3v) is 2.80. The van der Waals surface area contributed by atoms with Gasteiger partial charge in [0.05, 0.1) is 11.5 Å². The summed E-state index contributed by atoms with van der Waals surface area (Å²) in [5.74, 6) is -1.32. The van der Waals surface area contributed by atoms with Gasteiger partial charge in [-0.3, -0.25) is 9.59 Å². The van der Waals surface area contributed by atoms with Crippen molar-refractivity contribution in [3.05, 3.63) is 23.8 Å². The molecule has 1 aromatic rings. The van der Waals surface area contributed by atoms with Crippen molar-refractivity contribution in [3.8, 4) is 11.5 Å². The SMILES string of the molecule is CNC(=O)C(C)CN(C)C(=O)c1ccc(O)cc1O. The van der Waals surface area contributed by atoms with Crippen LogP contribution in [0.4, 0.5) is 0 Å². The molecule has 0 saturated heterocycles. The summed E-state index contributed by atoms with van der Waals surface area (Å²) in [6, 6.07) is 3.76. The first kappa shape index (κ1) is 14.8. The molecule has 1 atom stereocenters. The molecule has 6 heteroatoms. The lowest BCUT2D eigenvalue weighted by Crippen LogP contribution is -2.37. The highest BCUT2D eigenvalue weighted by Crippen LogP contribution is 2.23. The van der Waals surface area contributed by atoms with Crippen LogP contribution in [0.1, 0.15) is 17.3 Å². The zero-order valence-electron chi connectivity index (χ0n) is 11.2.